The number of carbonyl (C=O) groups is 1. The van der Waals surface area contributed by atoms with Gasteiger partial charge in [0.15, 0.2) is 0 Å². The van der Waals surface area contributed by atoms with Crippen LogP contribution in [0.2, 0.25) is 0 Å². The number of amides is 1. The maximum atomic E-state index is 13.4. The van der Waals surface area contributed by atoms with Crippen LogP contribution in [0.15, 0.2) is 18.2 Å². The number of aromatic nitrogens is 2. The van der Waals surface area contributed by atoms with Crippen LogP contribution in [0.4, 0.5) is 14.5 Å². The van der Waals surface area contributed by atoms with Crippen LogP contribution in [-0.2, 0) is 0 Å². The van der Waals surface area contributed by atoms with Gasteiger partial charge in [-0.05, 0) is 26.0 Å². The Morgan fingerprint density at radius 1 is 1.28 bits per heavy atom. The molecule has 2 aromatic rings. The smallest absolute Gasteiger partial charge is 0.261 e. The number of nitrogens with one attached hydrogen (secondary N) is 2. The van der Waals surface area contributed by atoms with Gasteiger partial charge in [-0.25, -0.2) is 8.78 Å². The van der Waals surface area contributed by atoms with Gasteiger partial charge in [0, 0.05) is 0 Å². The molecule has 0 aliphatic heterocycles. The van der Waals surface area contributed by atoms with Gasteiger partial charge < -0.3 is 5.32 Å². The molecule has 2 rings (SSSR count). The number of hydrogen-bond donors (Lipinski definition) is 2. The monoisotopic (exact) mass is 251 g/mol. The topological polar surface area (TPSA) is 57.8 Å². The third-order valence-corrected chi connectivity index (χ3v) is 2.56. The van der Waals surface area contributed by atoms with Gasteiger partial charge in [-0.3, -0.25) is 9.89 Å². The van der Waals surface area contributed by atoms with Crippen molar-refractivity contribution in [3.05, 3.63) is 46.8 Å². The normalized spacial score (nSPS) is 10.4. The van der Waals surface area contributed by atoms with Crippen molar-refractivity contribution in [2.75, 3.05) is 5.32 Å². The third-order valence-electron chi connectivity index (χ3n) is 2.56. The second-order valence-corrected chi connectivity index (χ2v) is 3.86. The number of aromatic amines is 1. The van der Waals surface area contributed by atoms with E-state index in [2.05, 4.69) is 15.5 Å². The van der Waals surface area contributed by atoms with E-state index in [4.69, 9.17) is 0 Å². The van der Waals surface area contributed by atoms with Crippen molar-refractivity contribution in [1.82, 2.24) is 10.2 Å². The molecule has 0 spiro atoms. The second kappa shape index (κ2) is 4.56. The van der Waals surface area contributed by atoms with Gasteiger partial charge >= 0.3 is 0 Å². The average Bonchev–Trinajstić information content (AvgIpc) is 2.60. The van der Waals surface area contributed by atoms with Crippen molar-refractivity contribution in [3.8, 4) is 0 Å². The van der Waals surface area contributed by atoms with E-state index in [-0.39, 0.29) is 0 Å². The molecule has 1 heterocycles. The number of benzene rings is 1. The molecular formula is C12H11F2N3O. The predicted molar refractivity (Wildman–Crippen MR) is 62.4 cm³/mol. The van der Waals surface area contributed by atoms with Crippen molar-refractivity contribution < 1.29 is 13.6 Å². The summed E-state index contributed by atoms with van der Waals surface area (Å²) >= 11 is 0. The Morgan fingerprint density at radius 2 is 1.89 bits per heavy atom. The lowest BCUT2D eigenvalue weighted by Gasteiger charge is -2.06. The van der Waals surface area contributed by atoms with Gasteiger partial charge in [-0.2, -0.15) is 5.10 Å². The molecule has 6 heteroatoms. The molecule has 0 unspecified atom stereocenters. The number of aryl methyl sites for hydroxylation is 2. The molecule has 18 heavy (non-hydrogen) atoms. The number of carbonyl (C=O) groups excluding carboxylic acids is 1. The summed E-state index contributed by atoms with van der Waals surface area (Å²) in [5, 5.41) is 9.00. The van der Waals surface area contributed by atoms with Gasteiger partial charge in [0.1, 0.15) is 17.2 Å². The molecule has 2 N–H and O–H groups in total. The van der Waals surface area contributed by atoms with E-state index in [1.165, 1.54) is 6.07 Å². The van der Waals surface area contributed by atoms with Crippen molar-refractivity contribution in [3.63, 3.8) is 0 Å². The number of anilines is 1. The fourth-order valence-corrected chi connectivity index (χ4v) is 1.63. The van der Waals surface area contributed by atoms with Crippen molar-refractivity contribution >= 4 is 11.6 Å². The zero-order valence-corrected chi connectivity index (χ0v) is 9.84. The average molecular weight is 251 g/mol. The Bertz CT molecular complexity index is 568. The lowest BCUT2D eigenvalue weighted by Crippen LogP contribution is -2.16. The van der Waals surface area contributed by atoms with E-state index in [0.717, 1.165) is 12.1 Å². The molecule has 1 aromatic carbocycles. The largest absolute Gasteiger partial charge is 0.319 e. The number of halogens is 2. The highest BCUT2D eigenvalue weighted by molar-refractivity contribution is 6.05. The number of nitrogens with zero attached hydrogens (tertiary/aromatic N) is 1. The van der Waals surface area contributed by atoms with E-state index in [0.29, 0.717) is 17.1 Å². The quantitative estimate of drug-likeness (QED) is 0.861. The Labute approximate surface area is 102 Å². The SMILES string of the molecule is Cc1n[nH]c(C)c1NC(=O)c1c(F)cccc1F. The van der Waals surface area contributed by atoms with Gasteiger partial charge in [0.2, 0.25) is 0 Å². The molecule has 0 aliphatic carbocycles. The number of hydrogen-bond acceptors (Lipinski definition) is 2. The molecule has 0 saturated heterocycles. The summed E-state index contributed by atoms with van der Waals surface area (Å²) in [5.74, 6) is -2.63. The molecular weight excluding hydrogens is 240 g/mol. The van der Waals surface area contributed by atoms with Crippen LogP contribution >= 0.6 is 0 Å². The first-order chi connectivity index (χ1) is 8.50. The summed E-state index contributed by atoms with van der Waals surface area (Å²) in [7, 11) is 0. The molecule has 94 valence electrons. The molecule has 0 bridgehead atoms. The summed E-state index contributed by atoms with van der Waals surface area (Å²) < 4.78 is 26.8. The minimum absolute atomic E-state index is 0.433. The fourth-order valence-electron chi connectivity index (χ4n) is 1.63. The Morgan fingerprint density at radius 3 is 2.39 bits per heavy atom. The van der Waals surface area contributed by atoms with E-state index < -0.39 is 23.1 Å². The molecule has 0 saturated carbocycles. The van der Waals surface area contributed by atoms with E-state index >= 15 is 0 Å². The van der Waals surface area contributed by atoms with Crippen molar-refractivity contribution in [2.24, 2.45) is 0 Å². The van der Waals surface area contributed by atoms with Crippen LogP contribution in [0, 0.1) is 25.5 Å². The molecule has 0 fully saturated rings. The molecule has 1 aromatic heterocycles. The molecule has 0 atom stereocenters. The molecule has 0 radical (unpaired) electrons. The van der Waals surface area contributed by atoms with Crippen molar-refractivity contribution in [2.45, 2.75) is 13.8 Å². The Balaban J connectivity index is 2.34. The minimum atomic E-state index is -0.897. The van der Waals surface area contributed by atoms with Crippen LogP contribution in [0.1, 0.15) is 21.7 Å². The van der Waals surface area contributed by atoms with E-state index in [9.17, 15) is 13.6 Å². The second-order valence-electron chi connectivity index (χ2n) is 3.86. The summed E-state index contributed by atoms with van der Waals surface area (Å²) in [6, 6.07) is 3.27. The van der Waals surface area contributed by atoms with Gasteiger partial charge in [0.05, 0.1) is 17.1 Å². The number of rotatable bonds is 2. The van der Waals surface area contributed by atoms with Crippen molar-refractivity contribution in [1.29, 1.82) is 0 Å². The first-order valence-electron chi connectivity index (χ1n) is 5.27. The highest BCUT2D eigenvalue weighted by Gasteiger charge is 2.19. The highest BCUT2D eigenvalue weighted by atomic mass is 19.1. The summed E-state index contributed by atoms with van der Waals surface area (Å²) in [6.45, 7) is 3.38. The molecule has 1 amide bonds. The van der Waals surface area contributed by atoms with Crippen LogP contribution in [0.25, 0.3) is 0 Å². The first-order valence-corrected chi connectivity index (χ1v) is 5.27. The van der Waals surface area contributed by atoms with E-state index in [1.807, 2.05) is 0 Å². The standard InChI is InChI=1S/C12H11F2N3O/c1-6-11(7(2)17-16-6)15-12(18)10-8(13)4-3-5-9(10)14/h3-5H,1-2H3,(H,15,18)(H,16,17). The summed E-state index contributed by atoms with van der Waals surface area (Å²) in [6.07, 6.45) is 0. The van der Waals surface area contributed by atoms with Gasteiger partial charge in [-0.15, -0.1) is 0 Å². The lowest BCUT2D eigenvalue weighted by atomic mass is 10.1. The maximum absolute atomic E-state index is 13.4. The zero-order valence-electron chi connectivity index (χ0n) is 9.84. The van der Waals surface area contributed by atoms with E-state index in [1.54, 1.807) is 13.8 Å². The Hall–Kier alpha value is -2.24. The fraction of sp³-hybridized carbons (Fsp3) is 0.167. The number of H-pyrrole nitrogens is 1. The zero-order chi connectivity index (χ0) is 13.3. The minimum Gasteiger partial charge on any atom is -0.319 e. The van der Waals surface area contributed by atoms with Crippen LogP contribution < -0.4 is 5.32 Å². The molecule has 0 aliphatic rings. The summed E-state index contributed by atoms with van der Waals surface area (Å²) in [4.78, 5) is 11.8. The maximum Gasteiger partial charge on any atom is 0.261 e. The van der Waals surface area contributed by atoms with Gasteiger partial charge in [-0.1, -0.05) is 6.07 Å². The van der Waals surface area contributed by atoms with Crippen LogP contribution in [0.5, 0.6) is 0 Å². The lowest BCUT2D eigenvalue weighted by molar-refractivity contribution is 0.101. The molecule has 4 nitrogen and oxygen atoms in total. The van der Waals surface area contributed by atoms with Crippen LogP contribution in [-0.4, -0.2) is 16.1 Å². The predicted octanol–water partition coefficient (Wildman–Crippen LogP) is 2.56. The third kappa shape index (κ3) is 2.09. The van der Waals surface area contributed by atoms with Gasteiger partial charge in [0.25, 0.3) is 5.91 Å². The Kier molecular flexibility index (Phi) is 3.10. The first kappa shape index (κ1) is 12.2. The summed E-state index contributed by atoms with van der Waals surface area (Å²) in [5.41, 5.74) is 1.01. The van der Waals surface area contributed by atoms with Crippen LogP contribution in [0.3, 0.4) is 0 Å². The highest BCUT2D eigenvalue weighted by Crippen LogP contribution is 2.19.